The van der Waals surface area contributed by atoms with Crippen molar-refractivity contribution in [3.05, 3.63) is 60.8 Å². The lowest BCUT2D eigenvalue weighted by molar-refractivity contribution is -0.302. The fraction of sp³-hybridized carbons (Fsp3) is 0.831. The smallest absolute Gasteiger partial charge is 0.305 e. The maximum Gasteiger partial charge on any atom is 0.305 e. The Bertz CT molecular complexity index is 1550. The molecule has 11 heteroatoms. The standard InChI is InChI=1S/C71H129NO10/c1-3-5-7-9-11-13-15-17-31-34-37-41-45-49-53-57-64(74)63(62-81-71-70(79)69(78)68(77)65(61-73)82-71)72-66(75)58-54-50-46-42-38-35-32-29-27-25-23-21-19-18-20-22-24-26-28-30-33-36-40-44-48-52-56-60-80-67(76)59-55-51-47-43-39-16-14-12-10-8-6-4-2/h12,14,18-19,22,24,37,41,53,57,63-65,68-71,73-74,77-79H,3-11,13,15-17,20-21,23,25-36,38-40,42-52,54-56,58-62H2,1-2H3,(H,72,75)/b14-12-,19-18-,24-22-,41-37+,57-53+. The zero-order chi connectivity index (χ0) is 59.5. The van der Waals surface area contributed by atoms with Crippen LogP contribution in [0.2, 0.25) is 0 Å². The number of allylic oxidation sites excluding steroid dienone is 9. The van der Waals surface area contributed by atoms with Crippen molar-refractivity contribution in [3.8, 4) is 0 Å². The zero-order valence-corrected chi connectivity index (χ0v) is 52.9. The molecule has 1 fully saturated rings. The van der Waals surface area contributed by atoms with E-state index in [1.165, 1.54) is 212 Å². The Hall–Kier alpha value is -2.64. The van der Waals surface area contributed by atoms with Crippen LogP contribution in [0.15, 0.2) is 60.8 Å². The van der Waals surface area contributed by atoms with Gasteiger partial charge in [-0.15, -0.1) is 0 Å². The largest absolute Gasteiger partial charge is 0.466 e. The van der Waals surface area contributed by atoms with Crippen LogP contribution in [0.1, 0.15) is 316 Å². The van der Waals surface area contributed by atoms with Crippen molar-refractivity contribution < 1.29 is 49.3 Å². The topological polar surface area (TPSA) is 175 Å². The summed E-state index contributed by atoms with van der Waals surface area (Å²) in [5, 5.41) is 54.5. The Balaban J connectivity index is 2.05. The molecule has 7 unspecified atom stereocenters. The third kappa shape index (κ3) is 48.6. The summed E-state index contributed by atoms with van der Waals surface area (Å²) in [5.74, 6) is -0.204. The molecule has 478 valence electrons. The summed E-state index contributed by atoms with van der Waals surface area (Å²) in [6.45, 7) is 4.31. The van der Waals surface area contributed by atoms with Crippen LogP contribution in [0.25, 0.3) is 0 Å². The van der Waals surface area contributed by atoms with Gasteiger partial charge in [-0.05, 0) is 103 Å². The Kier molecular flexibility index (Phi) is 56.7. The molecule has 11 nitrogen and oxygen atoms in total. The van der Waals surface area contributed by atoms with E-state index < -0.39 is 49.5 Å². The predicted octanol–water partition coefficient (Wildman–Crippen LogP) is 17.3. The second-order valence-corrected chi connectivity index (χ2v) is 23.9. The second-order valence-electron chi connectivity index (χ2n) is 23.9. The van der Waals surface area contributed by atoms with Gasteiger partial charge in [-0.25, -0.2) is 0 Å². The summed E-state index contributed by atoms with van der Waals surface area (Å²) >= 11 is 0. The van der Waals surface area contributed by atoms with Gasteiger partial charge in [-0.3, -0.25) is 9.59 Å². The second kappa shape index (κ2) is 60.1. The van der Waals surface area contributed by atoms with E-state index in [4.69, 9.17) is 14.2 Å². The first kappa shape index (κ1) is 77.4. The van der Waals surface area contributed by atoms with Crippen molar-refractivity contribution >= 4 is 11.9 Å². The number of aliphatic hydroxyl groups is 5. The van der Waals surface area contributed by atoms with Gasteiger partial charge in [0.1, 0.15) is 24.4 Å². The molecule has 82 heavy (non-hydrogen) atoms. The maximum atomic E-state index is 13.1. The third-order valence-corrected chi connectivity index (χ3v) is 16.1. The highest BCUT2D eigenvalue weighted by molar-refractivity contribution is 5.76. The number of rotatable bonds is 60. The number of esters is 1. The van der Waals surface area contributed by atoms with Crippen LogP contribution in [0.4, 0.5) is 0 Å². The van der Waals surface area contributed by atoms with Crippen molar-refractivity contribution in [2.24, 2.45) is 0 Å². The predicted molar refractivity (Wildman–Crippen MR) is 343 cm³/mol. The number of ether oxygens (including phenoxy) is 3. The van der Waals surface area contributed by atoms with Crippen LogP contribution in [-0.4, -0.2) is 100 Å². The first-order chi connectivity index (χ1) is 40.2. The summed E-state index contributed by atoms with van der Waals surface area (Å²) < 4.78 is 16.7. The van der Waals surface area contributed by atoms with Gasteiger partial charge >= 0.3 is 5.97 Å². The van der Waals surface area contributed by atoms with E-state index >= 15 is 0 Å². The molecule has 0 aromatic heterocycles. The van der Waals surface area contributed by atoms with Crippen molar-refractivity contribution in [2.75, 3.05) is 19.8 Å². The molecule has 0 aromatic carbocycles. The van der Waals surface area contributed by atoms with Gasteiger partial charge in [0, 0.05) is 12.8 Å². The number of hydrogen-bond donors (Lipinski definition) is 6. The van der Waals surface area contributed by atoms with E-state index in [0.29, 0.717) is 19.4 Å². The molecule has 0 spiro atoms. The summed E-state index contributed by atoms with van der Waals surface area (Å²) in [6.07, 6.45) is 69.0. The zero-order valence-electron chi connectivity index (χ0n) is 52.9. The number of amides is 1. The molecule has 1 aliphatic heterocycles. The molecule has 1 rings (SSSR count). The van der Waals surface area contributed by atoms with Gasteiger partial charge in [0.15, 0.2) is 6.29 Å². The average molecular weight is 1160 g/mol. The highest BCUT2D eigenvalue weighted by Gasteiger charge is 2.44. The SMILES string of the molecule is CCCCC/C=C\CCCCCCCC(=O)OCCCCCCCCCCC/C=C\C/C=C\CCCCCCCCCCCCCC(=O)NC(COC1OC(CO)C(O)C(O)C1O)C(O)/C=C/CC/C=C/CCCCCCCCCCC. The summed E-state index contributed by atoms with van der Waals surface area (Å²) in [7, 11) is 0. The number of aliphatic hydroxyl groups excluding tert-OH is 5. The summed E-state index contributed by atoms with van der Waals surface area (Å²) in [4.78, 5) is 25.1. The fourth-order valence-corrected chi connectivity index (χ4v) is 10.6. The molecule has 0 bridgehead atoms. The van der Waals surface area contributed by atoms with Gasteiger partial charge in [-0.2, -0.15) is 0 Å². The number of nitrogens with one attached hydrogen (secondary N) is 1. The summed E-state index contributed by atoms with van der Waals surface area (Å²) in [6, 6.07) is -0.832. The van der Waals surface area contributed by atoms with Crippen molar-refractivity contribution in [1.82, 2.24) is 5.32 Å². The van der Waals surface area contributed by atoms with E-state index in [1.807, 2.05) is 6.08 Å². The first-order valence-electron chi connectivity index (χ1n) is 34.6. The molecule has 0 radical (unpaired) electrons. The van der Waals surface area contributed by atoms with Gasteiger partial charge in [0.25, 0.3) is 0 Å². The van der Waals surface area contributed by atoms with Crippen LogP contribution in [0.5, 0.6) is 0 Å². The number of unbranched alkanes of at least 4 members (excludes halogenated alkanes) is 38. The van der Waals surface area contributed by atoms with Crippen LogP contribution < -0.4 is 5.32 Å². The van der Waals surface area contributed by atoms with Crippen LogP contribution >= 0.6 is 0 Å². The van der Waals surface area contributed by atoms with Gasteiger partial charge in [0.2, 0.25) is 5.91 Å². The van der Waals surface area contributed by atoms with E-state index in [-0.39, 0.29) is 18.5 Å². The molecule has 1 heterocycles. The van der Waals surface area contributed by atoms with Crippen LogP contribution in [0, 0.1) is 0 Å². The van der Waals surface area contributed by atoms with Gasteiger partial charge in [0.05, 0.1) is 32.0 Å². The molecule has 1 saturated heterocycles. The van der Waals surface area contributed by atoms with Crippen LogP contribution in [0.3, 0.4) is 0 Å². The van der Waals surface area contributed by atoms with E-state index in [2.05, 4.69) is 67.8 Å². The Labute approximate surface area is 503 Å². The third-order valence-electron chi connectivity index (χ3n) is 16.1. The number of hydrogen-bond acceptors (Lipinski definition) is 10. The lowest BCUT2D eigenvalue weighted by Gasteiger charge is -2.40. The quantitative estimate of drug-likeness (QED) is 0.0195. The lowest BCUT2D eigenvalue weighted by Crippen LogP contribution is -2.60. The molecule has 6 N–H and O–H groups in total. The molecular weight excluding hydrogens is 1030 g/mol. The molecule has 0 aromatic rings. The van der Waals surface area contributed by atoms with Crippen LogP contribution in [-0.2, 0) is 23.8 Å². The van der Waals surface area contributed by atoms with E-state index in [9.17, 15) is 35.1 Å². The highest BCUT2D eigenvalue weighted by Crippen LogP contribution is 2.23. The Morgan fingerprint density at radius 3 is 1.30 bits per heavy atom. The van der Waals surface area contributed by atoms with Crippen molar-refractivity contribution in [1.29, 1.82) is 0 Å². The minimum absolute atomic E-state index is 0.00968. The average Bonchev–Trinajstić information content (AvgIpc) is 3.48. The Morgan fingerprint density at radius 2 is 0.829 bits per heavy atom. The molecule has 7 atom stereocenters. The molecular formula is C71H129NO10. The molecule has 0 aliphatic carbocycles. The fourth-order valence-electron chi connectivity index (χ4n) is 10.6. The number of carbonyl (C=O) groups is 2. The minimum Gasteiger partial charge on any atom is -0.466 e. The van der Waals surface area contributed by atoms with Gasteiger partial charge in [-0.1, -0.05) is 261 Å². The first-order valence-corrected chi connectivity index (χ1v) is 34.6. The Morgan fingerprint density at radius 1 is 0.451 bits per heavy atom. The summed E-state index contributed by atoms with van der Waals surface area (Å²) in [5.41, 5.74) is 0. The van der Waals surface area contributed by atoms with Gasteiger partial charge < -0.3 is 45.1 Å². The van der Waals surface area contributed by atoms with E-state index in [1.54, 1.807) is 6.08 Å². The normalized spacial score (nSPS) is 18.5. The molecule has 1 amide bonds. The van der Waals surface area contributed by atoms with Crippen molar-refractivity contribution in [2.45, 2.75) is 358 Å². The molecule has 1 aliphatic rings. The van der Waals surface area contributed by atoms with Crippen molar-refractivity contribution in [3.63, 3.8) is 0 Å². The number of carbonyl (C=O) groups excluding carboxylic acids is 2. The minimum atomic E-state index is -1.58. The monoisotopic (exact) mass is 1160 g/mol. The van der Waals surface area contributed by atoms with E-state index in [0.717, 1.165) is 77.0 Å². The highest BCUT2D eigenvalue weighted by atomic mass is 16.7. The maximum absolute atomic E-state index is 13.1. The molecule has 0 saturated carbocycles. The lowest BCUT2D eigenvalue weighted by atomic mass is 9.99.